The molecule has 0 saturated heterocycles. The number of thioether (sulfide) groups is 1. The van der Waals surface area contributed by atoms with Gasteiger partial charge in [-0.15, -0.1) is 0 Å². The summed E-state index contributed by atoms with van der Waals surface area (Å²) < 4.78 is 0.381. The van der Waals surface area contributed by atoms with Crippen LogP contribution in [0.1, 0.15) is 10.9 Å². The van der Waals surface area contributed by atoms with Gasteiger partial charge < -0.3 is 11.5 Å². The predicted molar refractivity (Wildman–Crippen MR) is 57.7 cm³/mol. The minimum atomic E-state index is -0.149. The van der Waals surface area contributed by atoms with E-state index < -0.39 is 0 Å². The third kappa shape index (κ3) is 2.81. The van der Waals surface area contributed by atoms with Crippen LogP contribution in [-0.4, -0.2) is 4.32 Å². The topological polar surface area (TPSA) is 52.0 Å². The molecule has 2 nitrogen and oxygen atoms in total. The monoisotopic (exact) mass is 198 g/mol. The van der Waals surface area contributed by atoms with Gasteiger partial charge in [-0.2, -0.15) is 0 Å². The van der Waals surface area contributed by atoms with Gasteiger partial charge in [0.1, 0.15) is 4.32 Å². The summed E-state index contributed by atoms with van der Waals surface area (Å²) in [7, 11) is 0. The highest BCUT2D eigenvalue weighted by atomic mass is 32.2. The lowest BCUT2D eigenvalue weighted by Gasteiger charge is -2.09. The molecule has 4 N–H and O–H groups in total. The predicted octanol–water partition coefficient (Wildman–Crippen LogP) is 1.62. The van der Waals surface area contributed by atoms with Gasteiger partial charge in [0.15, 0.2) is 0 Å². The van der Waals surface area contributed by atoms with Crippen LogP contribution in [0.4, 0.5) is 0 Å². The van der Waals surface area contributed by atoms with Crippen LogP contribution in [0.2, 0.25) is 0 Å². The molecular formula is C8H10N2S2. The van der Waals surface area contributed by atoms with Crippen molar-refractivity contribution in [2.75, 3.05) is 0 Å². The smallest absolute Gasteiger partial charge is 0.133 e. The average molecular weight is 198 g/mol. The Balaban J connectivity index is 2.65. The van der Waals surface area contributed by atoms with Gasteiger partial charge in [0, 0.05) is 0 Å². The van der Waals surface area contributed by atoms with E-state index in [-0.39, 0.29) is 5.37 Å². The lowest BCUT2D eigenvalue weighted by molar-refractivity contribution is 1.04. The molecule has 12 heavy (non-hydrogen) atoms. The summed E-state index contributed by atoms with van der Waals surface area (Å²) in [6.45, 7) is 0. The highest BCUT2D eigenvalue weighted by Crippen LogP contribution is 2.22. The van der Waals surface area contributed by atoms with E-state index in [9.17, 15) is 0 Å². The summed E-state index contributed by atoms with van der Waals surface area (Å²) in [5, 5.41) is -0.149. The molecule has 0 aromatic heterocycles. The molecule has 0 heterocycles. The first kappa shape index (κ1) is 9.51. The Morgan fingerprint density at radius 1 is 1.33 bits per heavy atom. The van der Waals surface area contributed by atoms with E-state index in [2.05, 4.69) is 0 Å². The van der Waals surface area contributed by atoms with Gasteiger partial charge >= 0.3 is 0 Å². The van der Waals surface area contributed by atoms with Crippen LogP contribution in [0.15, 0.2) is 30.3 Å². The highest BCUT2D eigenvalue weighted by molar-refractivity contribution is 8.23. The molecule has 1 aromatic carbocycles. The van der Waals surface area contributed by atoms with Crippen LogP contribution in [0, 0.1) is 0 Å². The van der Waals surface area contributed by atoms with Crippen LogP contribution >= 0.6 is 24.0 Å². The van der Waals surface area contributed by atoms with Crippen molar-refractivity contribution in [2.45, 2.75) is 5.37 Å². The fraction of sp³-hybridized carbons (Fsp3) is 0.125. The second-order valence-electron chi connectivity index (χ2n) is 2.27. The van der Waals surface area contributed by atoms with Crippen LogP contribution < -0.4 is 11.5 Å². The SMILES string of the molecule is NC(=S)SC(N)c1ccccc1. The fourth-order valence-electron chi connectivity index (χ4n) is 0.836. The van der Waals surface area contributed by atoms with Crippen molar-refractivity contribution >= 4 is 28.3 Å². The highest BCUT2D eigenvalue weighted by Gasteiger charge is 2.05. The molecule has 0 spiro atoms. The molecule has 1 rings (SSSR count). The van der Waals surface area contributed by atoms with Gasteiger partial charge in [0.05, 0.1) is 5.37 Å². The van der Waals surface area contributed by atoms with E-state index in [1.54, 1.807) is 0 Å². The first-order valence-electron chi connectivity index (χ1n) is 3.47. The summed E-state index contributed by atoms with van der Waals surface area (Å²) in [5.41, 5.74) is 12.2. The molecular weight excluding hydrogens is 188 g/mol. The Bertz CT molecular complexity index is 261. The van der Waals surface area contributed by atoms with Gasteiger partial charge in [-0.25, -0.2) is 0 Å². The maximum Gasteiger partial charge on any atom is 0.133 e. The van der Waals surface area contributed by atoms with Crippen molar-refractivity contribution in [3.05, 3.63) is 35.9 Å². The van der Waals surface area contributed by atoms with E-state index in [1.807, 2.05) is 30.3 Å². The van der Waals surface area contributed by atoms with E-state index in [0.29, 0.717) is 4.32 Å². The van der Waals surface area contributed by atoms with Gasteiger partial charge in [-0.05, 0) is 5.56 Å². The summed E-state index contributed by atoms with van der Waals surface area (Å²) in [6, 6.07) is 9.73. The van der Waals surface area contributed by atoms with Crippen LogP contribution in [0.25, 0.3) is 0 Å². The molecule has 1 unspecified atom stereocenters. The molecule has 0 aliphatic rings. The van der Waals surface area contributed by atoms with Gasteiger partial charge in [0.2, 0.25) is 0 Å². The standard InChI is InChI=1S/C8H10N2S2/c9-7(12-8(10)11)6-4-2-1-3-5-6/h1-5,7H,9H2,(H2,10,11). The van der Waals surface area contributed by atoms with Crippen molar-refractivity contribution in [3.63, 3.8) is 0 Å². The van der Waals surface area contributed by atoms with Crippen LogP contribution in [0.3, 0.4) is 0 Å². The summed E-state index contributed by atoms with van der Waals surface area (Å²) in [4.78, 5) is 0. The van der Waals surface area contributed by atoms with E-state index in [0.717, 1.165) is 5.56 Å². The average Bonchev–Trinajstić information content (AvgIpc) is 2.05. The Morgan fingerprint density at radius 3 is 2.42 bits per heavy atom. The van der Waals surface area contributed by atoms with Crippen molar-refractivity contribution < 1.29 is 0 Å². The lowest BCUT2D eigenvalue weighted by atomic mass is 10.2. The quantitative estimate of drug-likeness (QED) is 0.560. The van der Waals surface area contributed by atoms with Gasteiger partial charge in [0.25, 0.3) is 0 Å². The maximum absolute atomic E-state index is 5.79. The molecule has 4 heteroatoms. The van der Waals surface area contributed by atoms with Gasteiger partial charge in [-0.3, -0.25) is 0 Å². The number of hydrogen-bond acceptors (Lipinski definition) is 3. The third-order valence-corrected chi connectivity index (χ3v) is 2.42. The molecule has 0 amide bonds. The molecule has 0 fully saturated rings. The summed E-state index contributed by atoms with van der Waals surface area (Å²) in [6.07, 6.45) is 0. The normalized spacial score (nSPS) is 12.4. The second-order valence-corrected chi connectivity index (χ2v) is 4.15. The van der Waals surface area contributed by atoms with Crippen molar-refractivity contribution in [1.82, 2.24) is 0 Å². The van der Waals surface area contributed by atoms with Crippen LogP contribution in [-0.2, 0) is 0 Å². The number of rotatable bonds is 2. The van der Waals surface area contributed by atoms with Crippen molar-refractivity contribution in [2.24, 2.45) is 11.5 Å². The maximum atomic E-state index is 5.79. The van der Waals surface area contributed by atoms with E-state index in [4.69, 9.17) is 23.7 Å². The minimum Gasteiger partial charge on any atom is -0.385 e. The molecule has 1 atom stereocenters. The minimum absolute atomic E-state index is 0.149. The number of benzene rings is 1. The Morgan fingerprint density at radius 2 is 1.92 bits per heavy atom. The van der Waals surface area contributed by atoms with Gasteiger partial charge in [-0.1, -0.05) is 54.3 Å². The van der Waals surface area contributed by atoms with E-state index in [1.165, 1.54) is 11.8 Å². The first-order valence-corrected chi connectivity index (χ1v) is 4.75. The van der Waals surface area contributed by atoms with Crippen molar-refractivity contribution in [1.29, 1.82) is 0 Å². The third-order valence-electron chi connectivity index (χ3n) is 1.37. The molecule has 0 aliphatic heterocycles. The Labute approximate surface area is 81.3 Å². The Kier molecular flexibility index (Phi) is 3.52. The summed E-state index contributed by atoms with van der Waals surface area (Å²) >= 11 is 6.03. The van der Waals surface area contributed by atoms with Crippen LogP contribution in [0.5, 0.6) is 0 Å². The fourth-order valence-corrected chi connectivity index (χ4v) is 1.69. The second kappa shape index (κ2) is 4.45. The molecule has 0 aliphatic carbocycles. The molecule has 0 bridgehead atoms. The zero-order chi connectivity index (χ0) is 8.97. The first-order chi connectivity index (χ1) is 5.70. The zero-order valence-corrected chi connectivity index (χ0v) is 8.07. The number of hydrogen-bond donors (Lipinski definition) is 2. The molecule has 0 saturated carbocycles. The Hall–Kier alpha value is -0.580. The largest absolute Gasteiger partial charge is 0.385 e. The van der Waals surface area contributed by atoms with E-state index >= 15 is 0 Å². The number of thiocarbonyl (C=S) groups is 1. The lowest BCUT2D eigenvalue weighted by Crippen LogP contribution is -2.12. The molecule has 0 radical (unpaired) electrons. The molecule has 64 valence electrons. The number of nitrogens with two attached hydrogens (primary N) is 2. The van der Waals surface area contributed by atoms with Crippen molar-refractivity contribution in [3.8, 4) is 0 Å². The molecule has 1 aromatic rings. The zero-order valence-electron chi connectivity index (χ0n) is 6.44. The summed E-state index contributed by atoms with van der Waals surface area (Å²) in [5.74, 6) is 0.